The summed E-state index contributed by atoms with van der Waals surface area (Å²) in [5, 5.41) is 3.24. The normalized spacial score (nSPS) is 15.1. The Kier molecular flexibility index (Phi) is 4.22. The molecule has 0 spiro atoms. The summed E-state index contributed by atoms with van der Waals surface area (Å²) in [7, 11) is 3.98. The lowest BCUT2D eigenvalue weighted by molar-refractivity contribution is 0.314. The van der Waals surface area contributed by atoms with Crippen LogP contribution in [0.1, 0.15) is 25.5 Å². The number of hydrogen-bond acceptors (Lipinski definition) is 3. The van der Waals surface area contributed by atoms with E-state index in [0.717, 1.165) is 17.6 Å². The first-order chi connectivity index (χ1) is 9.04. The first kappa shape index (κ1) is 14.0. The number of aryl methyl sites for hydroxylation is 1. The molecule has 104 valence electrons. The van der Waals surface area contributed by atoms with Crippen LogP contribution in [0.2, 0.25) is 0 Å². The fraction of sp³-hybridized carbons (Fsp3) is 0.533. The molecule has 19 heavy (non-hydrogen) atoms. The second kappa shape index (κ2) is 5.72. The van der Waals surface area contributed by atoms with Crippen LogP contribution in [0.4, 0.5) is 0 Å². The van der Waals surface area contributed by atoms with Crippen molar-refractivity contribution in [1.29, 1.82) is 0 Å². The quantitative estimate of drug-likeness (QED) is 0.865. The second-order valence-corrected chi connectivity index (χ2v) is 5.59. The molecule has 0 bridgehead atoms. The Morgan fingerprint density at radius 1 is 1.37 bits per heavy atom. The van der Waals surface area contributed by atoms with Gasteiger partial charge in [0.15, 0.2) is 0 Å². The van der Waals surface area contributed by atoms with E-state index in [1.807, 2.05) is 25.0 Å². The molecule has 2 rings (SSSR count). The van der Waals surface area contributed by atoms with E-state index in [0.29, 0.717) is 11.8 Å². The molecule has 0 fully saturated rings. The zero-order valence-electron chi connectivity index (χ0n) is 12.2. The van der Waals surface area contributed by atoms with E-state index >= 15 is 0 Å². The van der Waals surface area contributed by atoms with Crippen LogP contribution in [0.3, 0.4) is 0 Å². The molecule has 1 heterocycles. The second-order valence-electron chi connectivity index (χ2n) is 5.59. The molecule has 0 aliphatic rings. The van der Waals surface area contributed by atoms with E-state index in [1.54, 1.807) is 0 Å². The summed E-state index contributed by atoms with van der Waals surface area (Å²) in [5.74, 6) is 0.966. The molecule has 4 heteroatoms. The predicted molar refractivity (Wildman–Crippen MR) is 79.9 cm³/mol. The van der Waals surface area contributed by atoms with Gasteiger partial charge in [-0.1, -0.05) is 19.9 Å². The van der Waals surface area contributed by atoms with Gasteiger partial charge in [0.2, 0.25) is 0 Å². The van der Waals surface area contributed by atoms with E-state index in [1.165, 1.54) is 5.56 Å². The zero-order chi connectivity index (χ0) is 14.0. The van der Waals surface area contributed by atoms with E-state index in [-0.39, 0.29) is 6.04 Å². The van der Waals surface area contributed by atoms with Crippen LogP contribution in [-0.2, 0) is 7.05 Å². The fourth-order valence-electron chi connectivity index (χ4n) is 2.62. The summed E-state index contributed by atoms with van der Waals surface area (Å²) in [5.41, 5.74) is 9.78. The first-order valence-electron chi connectivity index (χ1n) is 6.85. The molecule has 0 saturated carbocycles. The van der Waals surface area contributed by atoms with Gasteiger partial charge in [0.25, 0.3) is 0 Å². The molecule has 0 aliphatic heterocycles. The smallest absolute Gasteiger partial charge is 0.0955 e. The van der Waals surface area contributed by atoms with Gasteiger partial charge >= 0.3 is 0 Å². The van der Waals surface area contributed by atoms with Crippen LogP contribution < -0.4 is 11.1 Å². The number of nitrogens with zero attached hydrogens (tertiary/aromatic N) is 2. The molecule has 2 unspecified atom stereocenters. The van der Waals surface area contributed by atoms with Gasteiger partial charge in [-0.25, -0.2) is 4.98 Å². The van der Waals surface area contributed by atoms with Gasteiger partial charge in [0.1, 0.15) is 0 Å². The Hall–Kier alpha value is -1.39. The molecule has 0 radical (unpaired) electrons. The third-order valence-electron chi connectivity index (χ3n) is 3.89. The van der Waals surface area contributed by atoms with Crippen molar-refractivity contribution in [1.82, 2.24) is 14.9 Å². The molecule has 0 amide bonds. The lowest BCUT2D eigenvalue weighted by Crippen LogP contribution is -2.33. The maximum Gasteiger partial charge on any atom is 0.0955 e. The van der Waals surface area contributed by atoms with E-state index in [9.17, 15) is 0 Å². The molecular weight excluding hydrogens is 236 g/mol. The summed E-state index contributed by atoms with van der Waals surface area (Å²) in [6.07, 6.45) is 1.84. The average molecular weight is 260 g/mol. The lowest BCUT2D eigenvalue weighted by Gasteiger charge is -2.27. The molecule has 2 aromatic rings. The summed E-state index contributed by atoms with van der Waals surface area (Å²) in [6.45, 7) is 5.38. The topological polar surface area (TPSA) is 55.9 Å². The Morgan fingerprint density at radius 2 is 2.11 bits per heavy atom. The van der Waals surface area contributed by atoms with Crippen LogP contribution in [-0.4, -0.2) is 23.1 Å². The van der Waals surface area contributed by atoms with Crippen molar-refractivity contribution in [2.75, 3.05) is 13.6 Å². The maximum atomic E-state index is 6.45. The SMILES string of the molecule is CNCC(C(C)C)C(N)c1ccc2c(c1)ncn2C. The highest BCUT2D eigenvalue weighted by molar-refractivity contribution is 5.76. The molecule has 1 aromatic heterocycles. The largest absolute Gasteiger partial charge is 0.334 e. The minimum absolute atomic E-state index is 0.0406. The van der Waals surface area contributed by atoms with Gasteiger partial charge in [0, 0.05) is 13.1 Å². The number of imidazole rings is 1. The van der Waals surface area contributed by atoms with Crippen molar-refractivity contribution in [3.05, 3.63) is 30.1 Å². The van der Waals surface area contributed by atoms with Gasteiger partial charge in [-0.2, -0.15) is 0 Å². The van der Waals surface area contributed by atoms with Crippen LogP contribution >= 0.6 is 0 Å². The zero-order valence-corrected chi connectivity index (χ0v) is 12.2. The lowest BCUT2D eigenvalue weighted by atomic mass is 9.85. The third kappa shape index (κ3) is 2.80. The Labute approximate surface area is 115 Å². The maximum absolute atomic E-state index is 6.45. The number of hydrogen-bond donors (Lipinski definition) is 2. The van der Waals surface area contributed by atoms with Gasteiger partial charge in [-0.3, -0.25) is 0 Å². The Balaban J connectivity index is 2.31. The van der Waals surface area contributed by atoms with Crippen molar-refractivity contribution in [2.24, 2.45) is 24.6 Å². The summed E-state index contributed by atoms with van der Waals surface area (Å²) < 4.78 is 2.03. The van der Waals surface area contributed by atoms with Crippen molar-refractivity contribution in [3.8, 4) is 0 Å². The van der Waals surface area contributed by atoms with E-state index < -0.39 is 0 Å². The van der Waals surface area contributed by atoms with Crippen molar-refractivity contribution in [2.45, 2.75) is 19.9 Å². The standard InChI is InChI=1S/C15H24N4/c1-10(2)12(8-17-3)15(16)11-5-6-14-13(7-11)18-9-19(14)4/h5-7,9-10,12,15,17H,8,16H2,1-4H3. The molecule has 1 aromatic carbocycles. The highest BCUT2D eigenvalue weighted by Gasteiger charge is 2.22. The molecule has 4 nitrogen and oxygen atoms in total. The highest BCUT2D eigenvalue weighted by Crippen LogP contribution is 2.27. The number of nitrogens with one attached hydrogen (secondary N) is 1. The summed E-state index contributed by atoms with van der Waals surface area (Å²) in [4.78, 5) is 4.40. The van der Waals surface area contributed by atoms with Crippen molar-refractivity contribution in [3.63, 3.8) is 0 Å². The summed E-state index contributed by atoms with van der Waals surface area (Å²) in [6, 6.07) is 6.39. The van der Waals surface area contributed by atoms with Crippen molar-refractivity contribution >= 4 is 11.0 Å². The number of benzene rings is 1. The van der Waals surface area contributed by atoms with Crippen molar-refractivity contribution < 1.29 is 0 Å². The first-order valence-corrected chi connectivity index (χ1v) is 6.85. The highest BCUT2D eigenvalue weighted by atomic mass is 15.0. The molecule has 2 atom stereocenters. The Bertz CT molecular complexity index is 544. The fourth-order valence-corrected chi connectivity index (χ4v) is 2.62. The number of fused-ring (bicyclic) bond motifs is 1. The van der Waals surface area contributed by atoms with Crippen LogP contribution in [0.15, 0.2) is 24.5 Å². The minimum Gasteiger partial charge on any atom is -0.334 e. The number of nitrogens with two attached hydrogens (primary N) is 1. The average Bonchev–Trinajstić information content (AvgIpc) is 2.76. The van der Waals surface area contributed by atoms with Crippen LogP contribution in [0.5, 0.6) is 0 Å². The third-order valence-corrected chi connectivity index (χ3v) is 3.89. The number of aromatic nitrogens is 2. The minimum atomic E-state index is 0.0406. The molecule has 0 saturated heterocycles. The van der Waals surface area contributed by atoms with E-state index in [2.05, 4.69) is 42.3 Å². The van der Waals surface area contributed by atoms with Gasteiger partial charge in [-0.15, -0.1) is 0 Å². The van der Waals surface area contributed by atoms with Gasteiger partial charge in [-0.05, 0) is 43.1 Å². The summed E-state index contributed by atoms with van der Waals surface area (Å²) >= 11 is 0. The van der Waals surface area contributed by atoms with Gasteiger partial charge in [0.05, 0.1) is 17.4 Å². The molecular formula is C15H24N4. The van der Waals surface area contributed by atoms with E-state index in [4.69, 9.17) is 5.73 Å². The Morgan fingerprint density at radius 3 is 2.74 bits per heavy atom. The number of rotatable bonds is 5. The monoisotopic (exact) mass is 260 g/mol. The predicted octanol–water partition coefficient (Wildman–Crippen LogP) is 2.06. The van der Waals surface area contributed by atoms with Crippen LogP contribution in [0.25, 0.3) is 11.0 Å². The molecule has 3 N–H and O–H groups in total. The van der Waals surface area contributed by atoms with Gasteiger partial charge < -0.3 is 15.6 Å². The molecule has 0 aliphatic carbocycles. The van der Waals surface area contributed by atoms with Crippen LogP contribution in [0, 0.1) is 11.8 Å².